The summed E-state index contributed by atoms with van der Waals surface area (Å²) in [5.41, 5.74) is 0. The third kappa shape index (κ3) is 7.54. The molecule has 1 N–H and O–H groups in total. The fourth-order valence-electron chi connectivity index (χ4n) is 4.31. The molecule has 2 aliphatic heterocycles. The van der Waals surface area contributed by atoms with E-state index in [0.29, 0.717) is 31.7 Å². The quantitative estimate of drug-likeness (QED) is 0.206. The minimum atomic E-state index is 0. The van der Waals surface area contributed by atoms with E-state index in [2.05, 4.69) is 32.2 Å². The van der Waals surface area contributed by atoms with Crippen LogP contribution in [0.15, 0.2) is 4.99 Å². The Morgan fingerprint density at radius 2 is 2.06 bits per heavy atom. The molecular formula is C21H40IN7O2. The number of methoxy groups -OCH3 is 1. The number of guanidine groups is 1. The van der Waals surface area contributed by atoms with Gasteiger partial charge in [-0.1, -0.05) is 6.92 Å². The third-order valence-corrected chi connectivity index (χ3v) is 6.32. The van der Waals surface area contributed by atoms with Crippen molar-refractivity contribution in [2.75, 3.05) is 59.7 Å². The van der Waals surface area contributed by atoms with Crippen LogP contribution in [-0.2, 0) is 23.1 Å². The highest BCUT2D eigenvalue weighted by atomic mass is 127. The summed E-state index contributed by atoms with van der Waals surface area (Å²) in [6.07, 6.45) is 3.67. The summed E-state index contributed by atoms with van der Waals surface area (Å²) in [6, 6.07) is 0.591. The largest absolute Gasteiger partial charge is 0.382 e. The highest BCUT2D eigenvalue weighted by molar-refractivity contribution is 14.0. The van der Waals surface area contributed by atoms with Gasteiger partial charge in [-0.3, -0.25) is 4.90 Å². The maximum atomic E-state index is 5.76. The smallest absolute Gasteiger partial charge is 0.194 e. The molecule has 3 heterocycles. The van der Waals surface area contributed by atoms with E-state index in [9.17, 15) is 0 Å². The molecule has 0 aromatic carbocycles. The minimum absolute atomic E-state index is 0. The average molecular weight is 550 g/mol. The first-order valence-electron chi connectivity index (χ1n) is 11.3. The molecular weight excluding hydrogens is 509 g/mol. The van der Waals surface area contributed by atoms with Crippen molar-refractivity contribution in [3.8, 4) is 0 Å². The minimum Gasteiger partial charge on any atom is -0.382 e. The third-order valence-electron chi connectivity index (χ3n) is 6.32. The first kappa shape index (κ1) is 26.3. The second-order valence-electron chi connectivity index (χ2n) is 8.34. The van der Waals surface area contributed by atoms with Gasteiger partial charge in [0, 0.05) is 45.8 Å². The van der Waals surface area contributed by atoms with Crippen molar-refractivity contribution in [1.29, 1.82) is 0 Å². The number of halogens is 1. The van der Waals surface area contributed by atoms with E-state index in [0.717, 1.165) is 56.8 Å². The number of aliphatic imine (C=N–C) groups is 1. The number of hydrogen-bond acceptors (Lipinski definition) is 6. The van der Waals surface area contributed by atoms with Gasteiger partial charge in [0.15, 0.2) is 11.8 Å². The Hall–Kier alpha value is -0.980. The summed E-state index contributed by atoms with van der Waals surface area (Å²) in [5.74, 6) is 3.32. The van der Waals surface area contributed by atoms with Crippen LogP contribution in [0, 0.1) is 12.8 Å². The van der Waals surface area contributed by atoms with Gasteiger partial charge in [-0.2, -0.15) is 0 Å². The fraction of sp³-hybridized carbons (Fsp3) is 0.857. The Kier molecular flexibility index (Phi) is 11.5. The van der Waals surface area contributed by atoms with E-state index < -0.39 is 0 Å². The van der Waals surface area contributed by atoms with Crippen LogP contribution in [-0.4, -0.2) is 96.2 Å². The summed E-state index contributed by atoms with van der Waals surface area (Å²) >= 11 is 0. The Balaban J connectivity index is 0.00000341. The summed E-state index contributed by atoms with van der Waals surface area (Å²) in [5, 5.41) is 12.1. The standard InChI is InChI=1S/C21H39N7O2.HI/c1-5-27-9-6-7-19(27)13-22-21(23-14-20-25-24-17(2)26(20)3)28-10-8-18(15-28)16-30-12-11-29-4;/h18-19H,5-16H2,1-4H3,(H,22,23);1H. The molecule has 9 nitrogen and oxygen atoms in total. The molecule has 1 aromatic heterocycles. The Morgan fingerprint density at radius 1 is 1.23 bits per heavy atom. The fourth-order valence-corrected chi connectivity index (χ4v) is 4.31. The van der Waals surface area contributed by atoms with Crippen molar-refractivity contribution < 1.29 is 9.47 Å². The SMILES string of the molecule is CCN1CCCC1CNC(=NCc1nnc(C)n1C)N1CCC(COCCOC)C1.I. The van der Waals surface area contributed by atoms with Gasteiger partial charge >= 0.3 is 0 Å². The van der Waals surface area contributed by atoms with Crippen LogP contribution in [0.2, 0.25) is 0 Å². The topological polar surface area (TPSA) is 80.0 Å². The molecule has 2 unspecified atom stereocenters. The first-order chi connectivity index (χ1) is 14.6. The van der Waals surface area contributed by atoms with Gasteiger partial charge in [0.2, 0.25) is 0 Å². The lowest BCUT2D eigenvalue weighted by Gasteiger charge is -2.27. The molecule has 3 rings (SSSR count). The molecule has 2 saturated heterocycles. The maximum Gasteiger partial charge on any atom is 0.194 e. The molecule has 0 bridgehead atoms. The van der Waals surface area contributed by atoms with Crippen LogP contribution in [0.1, 0.15) is 37.8 Å². The first-order valence-corrected chi connectivity index (χ1v) is 11.3. The molecule has 0 spiro atoms. The van der Waals surface area contributed by atoms with Crippen LogP contribution in [0.4, 0.5) is 0 Å². The van der Waals surface area contributed by atoms with E-state index in [-0.39, 0.29) is 24.0 Å². The predicted molar refractivity (Wildman–Crippen MR) is 133 cm³/mol. The lowest BCUT2D eigenvalue weighted by molar-refractivity contribution is 0.0536. The average Bonchev–Trinajstić information content (AvgIpc) is 3.48. The van der Waals surface area contributed by atoms with Crippen molar-refractivity contribution in [2.24, 2.45) is 18.0 Å². The number of nitrogens with one attached hydrogen (secondary N) is 1. The van der Waals surface area contributed by atoms with Crippen molar-refractivity contribution in [3.05, 3.63) is 11.6 Å². The Bertz CT molecular complexity index is 685. The van der Waals surface area contributed by atoms with Crippen LogP contribution in [0.3, 0.4) is 0 Å². The second-order valence-corrected chi connectivity index (χ2v) is 8.34. The molecule has 0 saturated carbocycles. The highest BCUT2D eigenvalue weighted by Gasteiger charge is 2.27. The van der Waals surface area contributed by atoms with Crippen LogP contribution in [0.25, 0.3) is 0 Å². The van der Waals surface area contributed by atoms with E-state index in [1.54, 1.807) is 7.11 Å². The zero-order chi connectivity index (χ0) is 21.3. The lowest BCUT2D eigenvalue weighted by Crippen LogP contribution is -2.46. The second kappa shape index (κ2) is 13.5. The van der Waals surface area contributed by atoms with E-state index in [4.69, 9.17) is 14.5 Å². The van der Waals surface area contributed by atoms with Gasteiger partial charge < -0.3 is 24.3 Å². The number of ether oxygens (including phenoxy) is 2. The number of aryl methyl sites for hydroxylation is 1. The molecule has 0 radical (unpaired) electrons. The monoisotopic (exact) mass is 549 g/mol. The van der Waals surface area contributed by atoms with Gasteiger partial charge in [-0.05, 0) is 39.3 Å². The van der Waals surface area contributed by atoms with Crippen molar-refractivity contribution >= 4 is 29.9 Å². The summed E-state index contributed by atoms with van der Waals surface area (Å²) in [7, 11) is 3.70. The molecule has 31 heavy (non-hydrogen) atoms. The molecule has 10 heteroatoms. The summed E-state index contributed by atoms with van der Waals surface area (Å²) < 4.78 is 12.8. The van der Waals surface area contributed by atoms with Crippen LogP contribution < -0.4 is 5.32 Å². The van der Waals surface area contributed by atoms with Crippen LogP contribution in [0.5, 0.6) is 0 Å². The molecule has 2 aliphatic rings. The predicted octanol–water partition coefficient (Wildman–Crippen LogP) is 1.66. The molecule has 2 fully saturated rings. The van der Waals surface area contributed by atoms with Gasteiger partial charge in [0.1, 0.15) is 12.4 Å². The van der Waals surface area contributed by atoms with Gasteiger partial charge in [0.05, 0.1) is 19.8 Å². The lowest BCUT2D eigenvalue weighted by atomic mass is 10.1. The van der Waals surface area contributed by atoms with E-state index >= 15 is 0 Å². The molecule has 0 aliphatic carbocycles. The summed E-state index contributed by atoms with van der Waals surface area (Å²) in [6.45, 7) is 12.1. The number of likely N-dealkylation sites (tertiary alicyclic amines) is 2. The highest BCUT2D eigenvalue weighted by Crippen LogP contribution is 2.19. The molecule has 2 atom stereocenters. The molecule has 0 amide bonds. The maximum absolute atomic E-state index is 5.76. The van der Waals surface area contributed by atoms with E-state index in [1.165, 1.54) is 19.4 Å². The van der Waals surface area contributed by atoms with E-state index in [1.807, 2.05) is 18.5 Å². The normalized spacial score (nSPS) is 22.2. The Morgan fingerprint density at radius 3 is 2.77 bits per heavy atom. The van der Waals surface area contributed by atoms with Crippen molar-refractivity contribution in [2.45, 2.75) is 45.7 Å². The van der Waals surface area contributed by atoms with Gasteiger partial charge in [-0.15, -0.1) is 34.2 Å². The van der Waals surface area contributed by atoms with Gasteiger partial charge in [-0.25, -0.2) is 4.99 Å². The molecule has 1 aromatic rings. The number of aromatic nitrogens is 3. The number of likely N-dealkylation sites (N-methyl/N-ethyl adjacent to an activating group) is 1. The Labute approximate surface area is 204 Å². The van der Waals surface area contributed by atoms with Gasteiger partial charge in [0.25, 0.3) is 0 Å². The zero-order valence-corrected chi connectivity index (χ0v) is 21.9. The van der Waals surface area contributed by atoms with Crippen molar-refractivity contribution in [3.63, 3.8) is 0 Å². The van der Waals surface area contributed by atoms with Crippen molar-refractivity contribution in [1.82, 2.24) is 29.9 Å². The number of hydrogen-bond donors (Lipinski definition) is 1. The number of nitrogens with zero attached hydrogens (tertiary/aromatic N) is 6. The summed E-state index contributed by atoms with van der Waals surface area (Å²) in [4.78, 5) is 9.87. The zero-order valence-electron chi connectivity index (χ0n) is 19.5. The van der Waals surface area contributed by atoms with Crippen LogP contribution >= 0.6 is 24.0 Å². The number of rotatable bonds is 10. The molecule has 178 valence electrons.